The largest absolute Gasteiger partial charge is 0.497 e. The fourth-order valence-corrected chi connectivity index (χ4v) is 5.24. The highest BCUT2D eigenvalue weighted by Gasteiger charge is 2.33. The quantitative estimate of drug-likeness (QED) is 0.251. The van der Waals surface area contributed by atoms with Gasteiger partial charge in [-0.3, -0.25) is 9.69 Å². The average molecular weight is 499 g/mol. The van der Waals surface area contributed by atoms with Crippen LogP contribution in [0.2, 0.25) is 0 Å². The Kier molecular flexibility index (Phi) is 7.07. The first kappa shape index (κ1) is 23.1. The Morgan fingerprint density at radius 2 is 1.66 bits per heavy atom. The molecule has 1 aliphatic rings. The number of ether oxygens (including phenoxy) is 1. The van der Waals surface area contributed by atoms with E-state index in [0.717, 1.165) is 27.0 Å². The number of hydrogen-bond donors (Lipinski definition) is 0. The van der Waals surface area contributed by atoms with Crippen LogP contribution in [0.3, 0.4) is 0 Å². The molecule has 1 aliphatic heterocycles. The van der Waals surface area contributed by atoms with Gasteiger partial charge < -0.3 is 9.15 Å². The molecule has 1 saturated heterocycles. The van der Waals surface area contributed by atoms with Crippen LogP contribution in [0, 0.1) is 0 Å². The number of hydrogen-bond acceptors (Lipinski definition) is 6. The second-order valence-electron chi connectivity index (χ2n) is 7.65. The van der Waals surface area contributed by atoms with Gasteiger partial charge in [-0.1, -0.05) is 60.3 Å². The van der Waals surface area contributed by atoms with Crippen molar-refractivity contribution >= 4 is 46.4 Å². The summed E-state index contributed by atoms with van der Waals surface area (Å²) in [5.74, 6) is 1.30. The molecule has 4 aromatic rings. The van der Waals surface area contributed by atoms with Gasteiger partial charge in [-0.25, -0.2) is 4.99 Å². The summed E-state index contributed by atoms with van der Waals surface area (Å²) in [6.07, 6.45) is 1.79. The van der Waals surface area contributed by atoms with Gasteiger partial charge in [-0.2, -0.15) is 0 Å². The van der Waals surface area contributed by atoms with Gasteiger partial charge in [0.15, 0.2) is 10.3 Å². The zero-order valence-electron chi connectivity index (χ0n) is 19.0. The normalized spacial score (nSPS) is 15.8. The molecule has 0 saturated carbocycles. The number of thioether (sulfide) groups is 1. The number of benzene rings is 3. The van der Waals surface area contributed by atoms with E-state index in [9.17, 15) is 4.79 Å². The zero-order chi connectivity index (χ0) is 24.0. The first-order valence-corrected chi connectivity index (χ1v) is 12.6. The third kappa shape index (κ3) is 5.70. The van der Waals surface area contributed by atoms with E-state index in [1.165, 1.54) is 11.8 Å². The van der Waals surface area contributed by atoms with Crippen molar-refractivity contribution in [1.82, 2.24) is 4.90 Å². The Balaban J connectivity index is 1.41. The van der Waals surface area contributed by atoms with Crippen molar-refractivity contribution in [3.05, 3.63) is 113 Å². The first-order valence-electron chi connectivity index (χ1n) is 11.0. The summed E-state index contributed by atoms with van der Waals surface area (Å²) in [5.41, 5.74) is 1.78. The summed E-state index contributed by atoms with van der Waals surface area (Å²) in [7, 11) is 1.63. The van der Waals surface area contributed by atoms with Crippen molar-refractivity contribution in [3.63, 3.8) is 0 Å². The molecule has 3 aromatic carbocycles. The lowest BCUT2D eigenvalue weighted by atomic mass is 10.2. The van der Waals surface area contributed by atoms with Crippen molar-refractivity contribution < 1.29 is 13.9 Å². The molecule has 1 amide bonds. The summed E-state index contributed by atoms with van der Waals surface area (Å²) in [6.45, 7) is 0.409. The fraction of sp³-hybridized carbons (Fsp3) is 0.0714. The highest BCUT2D eigenvalue weighted by Crippen LogP contribution is 2.36. The summed E-state index contributed by atoms with van der Waals surface area (Å²) >= 11 is 2.90. The second-order valence-corrected chi connectivity index (χ2v) is 9.74. The van der Waals surface area contributed by atoms with Gasteiger partial charge in [0.2, 0.25) is 0 Å². The number of nitrogens with zero attached hydrogens (tertiary/aromatic N) is 2. The lowest BCUT2D eigenvalue weighted by Crippen LogP contribution is -2.28. The minimum Gasteiger partial charge on any atom is -0.497 e. The van der Waals surface area contributed by atoms with Crippen molar-refractivity contribution in [1.29, 1.82) is 0 Å². The van der Waals surface area contributed by atoms with Gasteiger partial charge in [0.05, 0.1) is 24.2 Å². The van der Waals surface area contributed by atoms with Crippen LogP contribution in [0.25, 0.3) is 6.08 Å². The number of aliphatic imine (C=N–C) groups is 1. The number of methoxy groups -OCH3 is 1. The molecule has 0 unspecified atom stereocenters. The molecule has 0 aliphatic carbocycles. The Bertz CT molecular complexity index is 1360. The molecule has 0 atom stereocenters. The van der Waals surface area contributed by atoms with Crippen LogP contribution in [0.5, 0.6) is 5.75 Å². The molecule has 7 heteroatoms. The van der Waals surface area contributed by atoms with Crippen molar-refractivity contribution in [2.45, 2.75) is 16.5 Å². The number of para-hydroxylation sites is 1. The van der Waals surface area contributed by atoms with Crippen LogP contribution in [-0.4, -0.2) is 23.1 Å². The standard InChI is InChI=1S/C28H22N2O3S2/c1-32-22-14-12-20(13-15-22)19-30-27(31)25(35-28(30)29-21-8-4-2-5-9-21)18-23-16-17-26(33-23)34-24-10-6-3-7-11-24/h2-18H,19H2,1H3/b25-18+,29-28?. The smallest absolute Gasteiger partial charge is 0.267 e. The molecular weight excluding hydrogens is 476 g/mol. The maximum absolute atomic E-state index is 13.4. The van der Waals surface area contributed by atoms with Crippen LogP contribution >= 0.6 is 23.5 Å². The molecule has 0 radical (unpaired) electrons. The van der Waals surface area contributed by atoms with Gasteiger partial charge >= 0.3 is 0 Å². The zero-order valence-corrected chi connectivity index (χ0v) is 20.6. The maximum atomic E-state index is 13.4. The van der Waals surface area contributed by atoms with Crippen molar-refractivity contribution in [2.24, 2.45) is 4.99 Å². The molecule has 1 fully saturated rings. The average Bonchev–Trinajstić information content (AvgIpc) is 3.45. The molecule has 1 aromatic heterocycles. The van der Waals surface area contributed by atoms with E-state index in [1.807, 2.05) is 97.1 Å². The molecule has 0 spiro atoms. The minimum absolute atomic E-state index is 0.103. The highest BCUT2D eigenvalue weighted by atomic mass is 32.2. The molecule has 0 bridgehead atoms. The molecule has 5 nitrogen and oxygen atoms in total. The predicted octanol–water partition coefficient (Wildman–Crippen LogP) is 7.24. The summed E-state index contributed by atoms with van der Waals surface area (Å²) in [6, 6.07) is 31.2. The molecule has 5 rings (SSSR count). The predicted molar refractivity (Wildman–Crippen MR) is 142 cm³/mol. The second kappa shape index (κ2) is 10.7. The van der Waals surface area contributed by atoms with Gasteiger partial charge in [0.25, 0.3) is 5.91 Å². The molecule has 2 heterocycles. The number of amidine groups is 1. The maximum Gasteiger partial charge on any atom is 0.267 e. The van der Waals surface area contributed by atoms with Gasteiger partial charge in [0, 0.05) is 11.0 Å². The van der Waals surface area contributed by atoms with Gasteiger partial charge in [-0.15, -0.1) is 0 Å². The van der Waals surface area contributed by atoms with E-state index in [4.69, 9.17) is 14.1 Å². The number of rotatable bonds is 7. The van der Waals surface area contributed by atoms with Crippen LogP contribution in [0.4, 0.5) is 5.69 Å². The third-order valence-electron chi connectivity index (χ3n) is 5.21. The number of carbonyl (C=O) groups excluding carboxylic acids is 1. The van der Waals surface area contributed by atoms with E-state index < -0.39 is 0 Å². The molecule has 0 N–H and O–H groups in total. The summed E-state index contributed by atoms with van der Waals surface area (Å²) in [5, 5.41) is 1.40. The van der Waals surface area contributed by atoms with Crippen LogP contribution in [0.15, 0.2) is 121 Å². The minimum atomic E-state index is -0.103. The van der Waals surface area contributed by atoms with E-state index >= 15 is 0 Å². The van der Waals surface area contributed by atoms with Crippen LogP contribution < -0.4 is 4.74 Å². The van der Waals surface area contributed by atoms with E-state index in [-0.39, 0.29) is 5.91 Å². The Hall–Kier alpha value is -3.68. The Morgan fingerprint density at radius 3 is 2.37 bits per heavy atom. The van der Waals surface area contributed by atoms with E-state index in [2.05, 4.69) is 0 Å². The molecule has 174 valence electrons. The van der Waals surface area contributed by atoms with Gasteiger partial charge in [0.1, 0.15) is 11.5 Å². The lowest BCUT2D eigenvalue weighted by molar-refractivity contribution is -0.122. The fourth-order valence-electron chi connectivity index (χ4n) is 3.46. The SMILES string of the molecule is COc1ccc(CN2C(=O)/C(=C\c3ccc(Sc4ccccc4)o3)SC2=Nc2ccccc2)cc1. The van der Waals surface area contributed by atoms with E-state index in [1.54, 1.807) is 29.8 Å². The lowest BCUT2D eigenvalue weighted by Gasteiger charge is -2.16. The van der Waals surface area contributed by atoms with Gasteiger partial charge in [-0.05, 0) is 65.9 Å². The summed E-state index contributed by atoms with van der Waals surface area (Å²) < 4.78 is 11.2. The number of amides is 1. The highest BCUT2D eigenvalue weighted by molar-refractivity contribution is 8.18. The number of furan rings is 1. The monoisotopic (exact) mass is 498 g/mol. The van der Waals surface area contributed by atoms with Crippen molar-refractivity contribution in [3.8, 4) is 5.75 Å². The molecule has 35 heavy (non-hydrogen) atoms. The Morgan fingerprint density at radius 1 is 0.943 bits per heavy atom. The topological polar surface area (TPSA) is 55.0 Å². The molecular formula is C28H22N2O3S2. The van der Waals surface area contributed by atoms with E-state index in [0.29, 0.717) is 22.4 Å². The third-order valence-corrected chi connectivity index (χ3v) is 7.14. The summed E-state index contributed by atoms with van der Waals surface area (Å²) in [4.78, 5) is 21.5. The Labute approximate surface area is 212 Å². The number of carbonyl (C=O) groups is 1. The van der Waals surface area contributed by atoms with Crippen molar-refractivity contribution in [2.75, 3.05) is 7.11 Å². The van der Waals surface area contributed by atoms with Crippen LogP contribution in [-0.2, 0) is 11.3 Å². The van der Waals surface area contributed by atoms with Crippen LogP contribution in [0.1, 0.15) is 11.3 Å². The first-order chi connectivity index (χ1) is 17.2.